The topological polar surface area (TPSA) is 75.3 Å². The minimum atomic E-state index is -0.493. The molecule has 0 N–H and O–H groups in total. The van der Waals surface area contributed by atoms with Crippen molar-refractivity contribution in [3.8, 4) is 11.4 Å². The molecule has 0 saturated heterocycles. The first kappa shape index (κ1) is 21.6. The Morgan fingerprint density at radius 2 is 1.91 bits per heavy atom. The quantitative estimate of drug-likeness (QED) is 0.416. The number of esters is 1. The van der Waals surface area contributed by atoms with Gasteiger partial charge in [0.05, 0.1) is 23.3 Å². The van der Waals surface area contributed by atoms with Gasteiger partial charge in [-0.1, -0.05) is 23.7 Å². The Hall–Kier alpha value is -3.58. The zero-order chi connectivity index (χ0) is 22.8. The van der Waals surface area contributed by atoms with E-state index in [1.807, 2.05) is 43.5 Å². The van der Waals surface area contributed by atoms with E-state index in [0.29, 0.717) is 33.7 Å². The number of methoxy groups -OCH3 is 1. The van der Waals surface area contributed by atoms with Gasteiger partial charge in [-0.3, -0.25) is 4.79 Å². The third kappa shape index (κ3) is 3.99. The van der Waals surface area contributed by atoms with E-state index in [2.05, 4.69) is 9.84 Å². The smallest absolute Gasteiger partial charge is 0.343 e. The van der Waals surface area contributed by atoms with E-state index < -0.39 is 5.97 Å². The van der Waals surface area contributed by atoms with Crippen molar-refractivity contribution < 1.29 is 14.3 Å². The number of hydrogen-bond donors (Lipinski definition) is 0. The predicted molar refractivity (Wildman–Crippen MR) is 123 cm³/mol. The third-order valence-corrected chi connectivity index (χ3v) is 5.78. The number of halogens is 1. The number of hydrogen-bond acceptors (Lipinski definition) is 5. The highest BCUT2D eigenvalue weighted by Crippen LogP contribution is 2.34. The summed E-state index contributed by atoms with van der Waals surface area (Å²) >= 11 is 6.43. The molecule has 164 valence electrons. The molecule has 7 nitrogen and oxygen atoms in total. The van der Waals surface area contributed by atoms with E-state index in [4.69, 9.17) is 16.3 Å². The highest BCUT2D eigenvalue weighted by atomic mass is 35.5. The van der Waals surface area contributed by atoms with Gasteiger partial charge in [0.1, 0.15) is 5.75 Å². The lowest BCUT2D eigenvalue weighted by molar-refractivity contribution is -0.142. The van der Waals surface area contributed by atoms with Crippen LogP contribution in [0, 0.1) is 6.92 Å². The first-order valence-corrected chi connectivity index (χ1v) is 10.4. The Labute approximate surface area is 189 Å². The molecule has 2 aromatic carbocycles. The number of carbonyl (C=O) groups excluding carboxylic acids is 1. The molecule has 0 fully saturated rings. The van der Waals surface area contributed by atoms with Crippen LogP contribution in [0.3, 0.4) is 0 Å². The van der Waals surface area contributed by atoms with Crippen LogP contribution in [0.2, 0.25) is 5.02 Å². The highest BCUT2D eigenvalue weighted by Gasteiger charge is 2.19. The second-order valence-electron chi connectivity index (χ2n) is 7.40. The SMILES string of the molecule is COC(=O)COc1ccc(Cl)c2c1c(C)c(Cc1ccc(-n3cccn3)cc1)c(=O)n2C. The summed E-state index contributed by atoms with van der Waals surface area (Å²) in [6, 6.07) is 13.1. The first-order valence-electron chi connectivity index (χ1n) is 10.00. The average Bonchev–Trinajstić information content (AvgIpc) is 3.34. The summed E-state index contributed by atoms with van der Waals surface area (Å²) in [5, 5.41) is 5.37. The number of aryl methyl sites for hydroxylation is 2. The molecular formula is C24H22ClN3O4. The van der Waals surface area contributed by atoms with Crippen LogP contribution >= 0.6 is 11.6 Å². The minimum Gasteiger partial charge on any atom is -0.481 e. The molecule has 0 saturated carbocycles. The van der Waals surface area contributed by atoms with Crippen LogP contribution in [0.25, 0.3) is 16.6 Å². The number of pyridine rings is 1. The summed E-state index contributed by atoms with van der Waals surface area (Å²) < 4.78 is 13.7. The first-order chi connectivity index (χ1) is 15.4. The molecular weight excluding hydrogens is 430 g/mol. The molecule has 0 spiro atoms. The van der Waals surface area contributed by atoms with Crippen LogP contribution in [0.4, 0.5) is 0 Å². The van der Waals surface area contributed by atoms with Crippen molar-refractivity contribution in [2.45, 2.75) is 13.3 Å². The fourth-order valence-electron chi connectivity index (χ4n) is 3.77. The highest BCUT2D eigenvalue weighted by molar-refractivity contribution is 6.35. The molecule has 8 heteroatoms. The summed E-state index contributed by atoms with van der Waals surface area (Å²) in [6.45, 7) is 1.64. The van der Waals surface area contributed by atoms with E-state index in [0.717, 1.165) is 16.8 Å². The number of rotatable bonds is 6. The van der Waals surface area contributed by atoms with Crippen LogP contribution in [-0.4, -0.2) is 34.0 Å². The summed E-state index contributed by atoms with van der Waals surface area (Å²) in [5.41, 5.74) is 3.76. The van der Waals surface area contributed by atoms with Gasteiger partial charge >= 0.3 is 5.97 Å². The van der Waals surface area contributed by atoms with Gasteiger partial charge in [-0.25, -0.2) is 9.48 Å². The molecule has 0 bridgehead atoms. The Morgan fingerprint density at radius 3 is 2.56 bits per heavy atom. The maximum absolute atomic E-state index is 13.2. The maximum Gasteiger partial charge on any atom is 0.343 e. The Kier molecular flexibility index (Phi) is 6.01. The van der Waals surface area contributed by atoms with E-state index in [9.17, 15) is 9.59 Å². The predicted octanol–water partition coefficient (Wildman–Crippen LogP) is 3.83. The van der Waals surface area contributed by atoms with Crippen molar-refractivity contribution in [1.82, 2.24) is 14.3 Å². The third-order valence-electron chi connectivity index (χ3n) is 5.48. The van der Waals surface area contributed by atoms with Gasteiger partial charge in [0.25, 0.3) is 5.56 Å². The zero-order valence-corrected chi connectivity index (χ0v) is 18.7. The van der Waals surface area contributed by atoms with Crippen LogP contribution in [0.5, 0.6) is 5.75 Å². The summed E-state index contributed by atoms with van der Waals surface area (Å²) in [6.07, 6.45) is 4.04. The second kappa shape index (κ2) is 8.88. The van der Waals surface area contributed by atoms with Crippen LogP contribution in [0.15, 0.2) is 59.7 Å². The molecule has 4 rings (SSSR count). The fraction of sp³-hybridized carbons (Fsp3) is 0.208. The van der Waals surface area contributed by atoms with Gasteiger partial charge in [0.15, 0.2) is 6.61 Å². The number of fused-ring (bicyclic) bond motifs is 1. The van der Waals surface area contributed by atoms with Crippen molar-refractivity contribution in [2.75, 3.05) is 13.7 Å². The van der Waals surface area contributed by atoms with Gasteiger partial charge in [-0.05, 0) is 48.4 Å². The van der Waals surface area contributed by atoms with Crippen molar-refractivity contribution >= 4 is 28.5 Å². The lowest BCUT2D eigenvalue weighted by atomic mass is 9.97. The normalized spacial score (nSPS) is 11.0. The molecule has 4 aromatic rings. The van der Waals surface area contributed by atoms with Gasteiger partial charge in [-0.2, -0.15) is 5.10 Å². The van der Waals surface area contributed by atoms with Crippen LogP contribution in [-0.2, 0) is 23.0 Å². The molecule has 0 atom stereocenters. The Morgan fingerprint density at radius 1 is 1.16 bits per heavy atom. The Bertz CT molecular complexity index is 1340. The molecule has 32 heavy (non-hydrogen) atoms. The monoisotopic (exact) mass is 451 g/mol. The van der Waals surface area contributed by atoms with Crippen molar-refractivity contribution in [1.29, 1.82) is 0 Å². The minimum absolute atomic E-state index is 0.127. The Balaban J connectivity index is 1.77. The van der Waals surface area contributed by atoms with E-state index in [1.165, 1.54) is 11.7 Å². The largest absolute Gasteiger partial charge is 0.481 e. The number of benzene rings is 2. The van der Waals surface area contributed by atoms with Crippen molar-refractivity contribution in [3.05, 3.63) is 86.9 Å². The molecule has 0 radical (unpaired) electrons. The van der Waals surface area contributed by atoms with Gasteiger partial charge < -0.3 is 14.0 Å². The van der Waals surface area contributed by atoms with Gasteiger partial charge in [0, 0.05) is 36.8 Å². The number of aromatic nitrogens is 3. The van der Waals surface area contributed by atoms with E-state index in [-0.39, 0.29) is 12.2 Å². The standard InChI is InChI=1S/C24H22ClN3O4/c1-15-18(13-16-5-7-17(8-6-16)28-12-4-11-26-28)24(30)27(2)23-19(25)9-10-20(22(15)23)32-14-21(29)31-3/h4-12H,13-14H2,1-3H3. The molecule has 0 amide bonds. The molecule has 0 aliphatic carbocycles. The molecule has 0 aliphatic heterocycles. The van der Waals surface area contributed by atoms with Gasteiger partial charge in [0.2, 0.25) is 0 Å². The molecule has 0 unspecified atom stereocenters. The molecule has 0 aliphatic rings. The number of carbonyl (C=O) groups is 1. The summed E-state index contributed by atoms with van der Waals surface area (Å²) in [7, 11) is 2.99. The van der Waals surface area contributed by atoms with E-state index in [1.54, 1.807) is 30.1 Å². The summed E-state index contributed by atoms with van der Waals surface area (Å²) in [4.78, 5) is 24.8. The van der Waals surface area contributed by atoms with Crippen LogP contribution in [0.1, 0.15) is 16.7 Å². The van der Waals surface area contributed by atoms with E-state index >= 15 is 0 Å². The average molecular weight is 452 g/mol. The lowest BCUT2D eigenvalue weighted by Gasteiger charge is -2.17. The fourth-order valence-corrected chi connectivity index (χ4v) is 4.05. The second-order valence-corrected chi connectivity index (χ2v) is 7.80. The van der Waals surface area contributed by atoms with Crippen molar-refractivity contribution in [2.24, 2.45) is 7.05 Å². The summed E-state index contributed by atoms with van der Waals surface area (Å²) in [5.74, 6) is -0.0220. The van der Waals surface area contributed by atoms with Crippen molar-refractivity contribution in [3.63, 3.8) is 0 Å². The zero-order valence-electron chi connectivity index (χ0n) is 18.0. The van der Waals surface area contributed by atoms with Gasteiger partial charge in [-0.15, -0.1) is 0 Å². The lowest BCUT2D eigenvalue weighted by Crippen LogP contribution is -2.24. The molecule has 2 aromatic heterocycles. The molecule has 2 heterocycles. The number of nitrogens with zero attached hydrogens (tertiary/aromatic N) is 3. The maximum atomic E-state index is 13.2. The van der Waals surface area contributed by atoms with Crippen LogP contribution < -0.4 is 10.3 Å². The number of ether oxygens (including phenoxy) is 2.